The minimum Gasteiger partial charge on any atom is -0.455 e. The van der Waals surface area contributed by atoms with Crippen LogP contribution < -0.4 is 10.1 Å². The Kier molecular flexibility index (Phi) is 7.30. The molecule has 0 radical (unpaired) electrons. The fourth-order valence-electron chi connectivity index (χ4n) is 11.2. The number of rotatable bonds is 5. The van der Waals surface area contributed by atoms with Crippen LogP contribution in [0.1, 0.15) is 22.3 Å². The van der Waals surface area contributed by atoms with E-state index in [0.29, 0.717) is 0 Å². The molecule has 0 saturated heterocycles. The average molecular weight is 811 g/mol. The van der Waals surface area contributed by atoms with Gasteiger partial charge in [-0.05, 0) is 87.5 Å². The molecule has 62 heavy (non-hydrogen) atoms. The van der Waals surface area contributed by atoms with Crippen molar-refractivity contribution in [1.29, 1.82) is 0 Å². The molecule has 11 aromatic rings. The molecule has 4 heteroatoms. The molecule has 9 aromatic carbocycles. The number of fused-ring (bicyclic) bond motifs is 17. The summed E-state index contributed by atoms with van der Waals surface area (Å²) >= 11 is 0. The number of furan rings is 1. The van der Waals surface area contributed by atoms with Crippen LogP contribution in [0.15, 0.2) is 205 Å². The molecule has 0 saturated carbocycles. The van der Waals surface area contributed by atoms with Crippen LogP contribution >= 0.6 is 0 Å². The third-order valence-corrected chi connectivity index (χ3v) is 15.8. The number of hydrogen-bond acceptors (Lipinski definition) is 2. The summed E-state index contributed by atoms with van der Waals surface area (Å²) in [5, 5.41) is 6.08. The lowest BCUT2D eigenvalue weighted by Crippen LogP contribution is -2.37. The van der Waals surface area contributed by atoms with Gasteiger partial charge in [-0.1, -0.05) is 176 Å². The number of anilines is 3. The Balaban J connectivity index is 1.23. The molecule has 2 heterocycles. The molecule has 0 fully saturated rings. The topological polar surface area (TPSA) is 21.3 Å². The van der Waals surface area contributed by atoms with E-state index in [9.17, 15) is 0 Å². The van der Waals surface area contributed by atoms with Crippen LogP contribution in [-0.2, 0) is 5.41 Å². The Labute approximate surface area is 361 Å². The van der Waals surface area contributed by atoms with Gasteiger partial charge < -0.3 is 13.9 Å². The average Bonchev–Trinajstić information content (AvgIpc) is 4.04. The first-order valence-corrected chi connectivity index (χ1v) is 25.2. The van der Waals surface area contributed by atoms with E-state index in [0.717, 1.165) is 50.2 Å². The molecule has 2 aromatic heterocycles. The molecule has 2 aliphatic carbocycles. The van der Waals surface area contributed by atoms with Crippen molar-refractivity contribution < 1.29 is 4.42 Å². The van der Waals surface area contributed by atoms with Crippen molar-refractivity contribution in [3.8, 4) is 27.9 Å². The SMILES string of the molecule is C[Si](C)(C)c1ccc(N(c2cc3c(c4oc5ccccc5c24)-c2ccccc2C32c3ccccc3-c3ccccc32)c2cccc3c4ccccc4n(-c4ccccc4)c23)cc1. The number of para-hydroxylation sites is 4. The van der Waals surface area contributed by atoms with Gasteiger partial charge in [0.2, 0.25) is 0 Å². The third-order valence-electron chi connectivity index (χ3n) is 13.7. The number of aromatic nitrogens is 1. The van der Waals surface area contributed by atoms with Crippen molar-refractivity contribution in [2.45, 2.75) is 25.1 Å². The fraction of sp³-hybridized carbons (Fsp3) is 0.0690. The molecule has 0 atom stereocenters. The maximum absolute atomic E-state index is 7.26. The van der Waals surface area contributed by atoms with Gasteiger partial charge in [-0.25, -0.2) is 0 Å². The van der Waals surface area contributed by atoms with Gasteiger partial charge in [0.05, 0.1) is 41.3 Å². The quantitative estimate of drug-likeness (QED) is 0.162. The monoisotopic (exact) mass is 810 g/mol. The largest absolute Gasteiger partial charge is 0.455 e. The van der Waals surface area contributed by atoms with Crippen molar-refractivity contribution >= 4 is 74.1 Å². The van der Waals surface area contributed by atoms with Crippen LogP contribution in [0.4, 0.5) is 17.1 Å². The minimum absolute atomic E-state index is 0.556. The standard InChI is InChI=1S/C58H42N2OSi/c1-62(2,3)39-34-32-38(33-35-39)59(51-30-17-25-43-42-22-10-15-29-50(42)60(56(43)51)37-18-5-4-6-19-37)52-36-49-54(57-55(52)45-24-11-16-31-53(45)61-57)44-23-9-14-28-48(44)58(49)46-26-12-7-20-40(46)41-21-8-13-27-47(41)58/h4-36H,1-3H3. The maximum atomic E-state index is 7.26. The van der Waals surface area contributed by atoms with Gasteiger partial charge in [-0.15, -0.1) is 0 Å². The number of hydrogen-bond donors (Lipinski definition) is 0. The first-order chi connectivity index (χ1) is 30.4. The lowest BCUT2D eigenvalue weighted by molar-refractivity contribution is 0.669. The van der Waals surface area contributed by atoms with Crippen molar-refractivity contribution in [2.24, 2.45) is 0 Å². The van der Waals surface area contributed by atoms with Crippen LogP contribution in [0.3, 0.4) is 0 Å². The van der Waals surface area contributed by atoms with E-state index in [1.807, 2.05) is 0 Å². The van der Waals surface area contributed by atoms with E-state index in [2.05, 4.69) is 229 Å². The molecule has 1 spiro atoms. The molecule has 0 N–H and O–H groups in total. The lowest BCUT2D eigenvalue weighted by atomic mass is 9.70. The van der Waals surface area contributed by atoms with Gasteiger partial charge in [0.1, 0.15) is 11.2 Å². The van der Waals surface area contributed by atoms with Gasteiger partial charge in [-0.2, -0.15) is 0 Å². The summed E-state index contributed by atoms with van der Waals surface area (Å²) in [4.78, 5) is 2.54. The minimum atomic E-state index is -1.62. The summed E-state index contributed by atoms with van der Waals surface area (Å²) in [6.45, 7) is 7.28. The highest BCUT2D eigenvalue weighted by atomic mass is 28.3. The summed E-state index contributed by atoms with van der Waals surface area (Å²) in [5.74, 6) is 0. The van der Waals surface area contributed by atoms with Gasteiger partial charge in [0, 0.05) is 33.1 Å². The Morgan fingerprint density at radius 2 is 1.06 bits per heavy atom. The van der Waals surface area contributed by atoms with Gasteiger partial charge in [0.25, 0.3) is 0 Å². The molecule has 2 aliphatic rings. The summed E-state index contributed by atoms with van der Waals surface area (Å²) in [6, 6.07) is 74.3. The van der Waals surface area contributed by atoms with Crippen molar-refractivity contribution in [2.75, 3.05) is 4.90 Å². The number of nitrogens with zero attached hydrogens (tertiary/aromatic N) is 2. The normalized spacial score (nSPS) is 13.5. The molecule has 0 unspecified atom stereocenters. The molecule has 0 aliphatic heterocycles. The molecule has 3 nitrogen and oxygen atoms in total. The predicted octanol–water partition coefficient (Wildman–Crippen LogP) is 15.0. The highest BCUT2D eigenvalue weighted by molar-refractivity contribution is 6.88. The highest BCUT2D eigenvalue weighted by Gasteiger charge is 2.53. The van der Waals surface area contributed by atoms with Gasteiger partial charge in [-0.3, -0.25) is 0 Å². The lowest BCUT2D eigenvalue weighted by Gasteiger charge is -2.33. The van der Waals surface area contributed by atoms with E-state index < -0.39 is 13.5 Å². The van der Waals surface area contributed by atoms with E-state index in [4.69, 9.17) is 4.42 Å². The van der Waals surface area contributed by atoms with Crippen molar-refractivity contribution in [3.63, 3.8) is 0 Å². The van der Waals surface area contributed by atoms with E-state index in [1.54, 1.807) is 0 Å². The molecule has 294 valence electrons. The van der Waals surface area contributed by atoms with Gasteiger partial charge in [0.15, 0.2) is 0 Å². The van der Waals surface area contributed by atoms with Gasteiger partial charge >= 0.3 is 0 Å². The summed E-state index contributed by atoms with van der Waals surface area (Å²) in [7, 11) is -1.62. The van der Waals surface area contributed by atoms with E-state index in [-0.39, 0.29) is 0 Å². The molecular weight excluding hydrogens is 769 g/mol. The first-order valence-electron chi connectivity index (χ1n) is 21.7. The summed E-state index contributed by atoms with van der Waals surface area (Å²) in [5.41, 5.74) is 18.1. The zero-order chi connectivity index (χ0) is 41.3. The van der Waals surface area contributed by atoms with Crippen LogP contribution in [0.5, 0.6) is 0 Å². The van der Waals surface area contributed by atoms with Crippen molar-refractivity contribution in [1.82, 2.24) is 4.57 Å². The molecular formula is C58H42N2OSi. The first kappa shape index (κ1) is 35.4. The zero-order valence-corrected chi connectivity index (χ0v) is 35.9. The molecule has 0 amide bonds. The van der Waals surface area contributed by atoms with Crippen LogP contribution in [0.25, 0.3) is 71.7 Å². The highest BCUT2D eigenvalue weighted by Crippen LogP contribution is 2.65. The Hall–Kier alpha value is -7.40. The second-order valence-corrected chi connectivity index (χ2v) is 23.1. The summed E-state index contributed by atoms with van der Waals surface area (Å²) < 4.78 is 9.72. The number of benzene rings is 9. The van der Waals surface area contributed by atoms with Crippen LogP contribution in [0.2, 0.25) is 19.6 Å². The van der Waals surface area contributed by atoms with Crippen LogP contribution in [0, 0.1) is 0 Å². The smallest absolute Gasteiger partial charge is 0.145 e. The zero-order valence-electron chi connectivity index (χ0n) is 34.9. The van der Waals surface area contributed by atoms with Crippen LogP contribution in [-0.4, -0.2) is 12.6 Å². The molecule has 0 bridgehead atoms. The second-order valence-electron chi connectivity index (χ2n) is 18.0. The summed E-state index contributed by atoms with van der Waals surface area (Å²) in [6.07, 6.45) is 0. The Morgan fingerprint density at radius 3 is 1.77 bits per heavy atom. The molecule has 13 rings (SSSR count). The third kappa shape index (κ3) is 4.65. The Bertz CT molecular complexity index is 3580. The Morgan fingerprint density at radius 1 is 0.484 bits per heavy atom. The van der Waals surface area contributed by atoms with E-state index in [1.165, 1.54) is 66.0 Å². The van der Waals surface area contributed by atoms with E-state index >= 15 is 0 Å². The second kappa shape index (κ2) is 12.8. The van der Waals surface area contributed by atoms with Crippen molar-refractivity contribution in [3.05, 3.63) is 222 Å². The predicted molar refractivity (Wildman–Crippen MR) is 262 cm³/mol. The fourth-order valence-corrected chi connectivity index (χ4v) is 12.3. The maximum Gasteiger partial charge on any atom is 0.145 e.